The summed E-state index contributed by atoms with van der Waals surface area (Å²) < 4.78 is 0. The van der Waals surface area contributed by atoms with Crippen molar-refractivity contribution < 1.29 is 0 Å². The van der Waals surface area contributed by atoms with E-state index in [1.54, 1.807) is 0 Å². The van der Waals surface area contributed by atoms with Gasteiger partial charge in [0.25, 0.3) is 0 Å². The summed E-state index contributed by atoms with van der Waals surface area (Å²) in [6.07, 6.45) is 7.37. The molecule has 1 heterocycles. The van der Waals surface area contributed by atoms with Gasteiger partial charge in [-0.15, -0.1) is 0 Å². The first-order chi connectivity index (χ1) is 6.45. The van der Waals surface area contributed by atoms with Crippen molar-refractivity contribution in [2.45, 2.75) is 6.42 Å². The molecule has 13 heavy (non-hydrogen) atoms. The number of hydrogen-bond acceptors (Lipinski definition) is 1. The van der Waals surface area contributed by atoms with E-state index in [4.69, 9.17) is 0 Å². The molecule has 1 nitrogen and oxygen atoms in total. The van der Waals surface area contributed by atoms with Gasteiger partial charge in [-0.2, -0.15) is 0 Å². The van der Waals surface area contributed by atoms with Crippen molar-refractivity contribution in [3.05, 3.63) is 59.8 Å². The van der Waals surface area contributed by atoms with Crippen molar-refractivity contribution in [2.24, 2.45) is 0 Å². The summed E-state index contributed by atoms with van der Waals surface area (Å²) in [5.41, 5.74) is 2.66. The van der Waals surface area contributed by atoms with Crippen LogP contribution in [0, 0.1) is 0 Å². The van der Waals surface area contributed by atoms with Crippen molar-refractivity contribution in [1.82, 2.24) is 5.32 Å². The highest BCUT2D eigenvalue weighted by atomic mass is 14.9. The van der Waals surface area contributed by atoms with Crippen molar-refractivity contribution in [3.63, 3.8) is 0 Å². The highest BCUT2D eigenvalue weighted by Crippen LogP contribution is 2.07. The minimum Gasteiger partial charge on any atom is -0.385 e. The van der Waals surface area contributed by atoms with Gasteiger partial charge in [0.05, 0.1) is 0 Å². The number of benzene rings is 1. The predicted molar refractivity (Wildman–Crippen MR) is 55.4 cm³/mol. The van der Waals surface area contributed by atoms with Crippen LogP contribution in [0.4, 0.5) is 0 Å². The standard InChI is InChI=1S/C12H13N/c1-2-6-11(7-3-1)10-12-8-4-5-9-13-12/h1-8,13H,9-10H2. The van der Waals surface area contributed by atoms with E-state index in [2.05, 4.69) is 47.8 Å². The molecule has 0 atom stereocenters. The van der Waals surface area contributed by atoms with Gasteiger partial charge >= 0.3 is 0 Å². The Balaban J connectivity index is 2.06. The van der Waals surface area contributed by atoms with E-state index in [0.717, 1.165) is 13.0 Å². The van der Waals surface area contributed by atoms with E-state index in [-0.39, 0.29) is 0 Å². The van der Waals surface area contributed by atoms with Crippen LogP contribution in [0.3, 0.4) is 0 Å². The summed E-state index contributed by atoms with van der Waals surface area (Å²) in [5, 5.41) is 3.34. The van der Waals surface area contributed by atoms with Gasteiger partial charge < -0.3 is 5.32 Å². The molecular formula is C12H13N. The molecule has 0 aromatic heterocycles. The Kier molecular flexibility index (Phi) is 2.46. The maximum absolute atomic E-state index is 3.34. The molecule has 0 amide bonds. The van der Waals surface area contributed by atoms with Crippen molar-refractivity contribution in [3.8, 4) is 0 Å². The van der Waals surface area contributed by atoms with Crippen LogP contribution in [0.5, 0.6) is 0 Å². The maximum atomic E-state index is 3.34. The van der Waals surface area contributed by atoms with Crippen molar-refractivity contribution in [2.75, 3.05) is 6.54 Å². The van der Waals surface area contributed by atoms with E-state index in [0.29, 0.717) is 0 Å². The summed E-state index contributed by atoms with van der Waals surface area (Å²) in [7, 11) is 0. The zero-order chi connectivity index (χ0) is 8.93. The van der Waals surface area contributed by atoms with E-state index >= 15 is 0 Å². The fraction of sp³-hybridized carbons (Fsp3) is 0.167. The zero-order valence-corrected chi connectivity index (χ0v) is 7.53. The largest absolute Gasteiger partial charge is 0.385 e. The smallest absolute Gasteiger partial charge is 0.0330 e. The van der Waals surface area contributed by atoms with Crippen LogP contribution >= 0.6 is 0 Å². The second kappa shape index (κ2) is 3.94. The molecule has 1 aromatic rings. The lowest BCUT2D eigenvalue weighted by Crippen LogP contribution is -2.17. The van der Waals surface area contributed by atoms with Crippen LogP contribution in [0.2, 0.25) is 0 Å². The number of dihydropyridines is 1. The van der Waals surface area contributed by atoms with Gasteiger partial charge in [-0.05, 0) is 11.6 Å². The monoisotopic (exact) mass is 171 g/mol. The van der Waals surface area contributed by atoms with E-state index in [1.807, 2.05) is 6.07 Å². The Morgan fingerprint density at radius 2 is 2.00 bits per heavy atom. The minimum absolute atomic E-state index is 0.957. The Labute approximate surface area is 78.8 Å². The third kappa shape index (κ3) is 2.22. The van der Waals surface area contributed by atoms with Crippen LogP contribution in [-0.2, 0) is 6.42 Å². The molecule has 2 rings (SSSR count). The fourth-order valence-corrected chi connectivity index (χ4v) is 1.44. The Morgan fingerprint density at radius 1 is 1.15 bits per heavy atom. The molecule has 1 aromatic carbocycles. The molecule has 1 N–H and O–H groups in total. The van der Waals surface area contributed by atoms with Crippen LogP contribution < -0.4 is 5.32 Å². The summed E-state index contributed by atoms with van der Waals surface area (Å²) in [6.45, 7) is 0.957. The highest BCUT2D eigenvalue weighted by Gasteiger charge is 1.98. The molecule has 66 valence electrons. The topological polar surface area (TPSA) is 12.0 Å². The average molecular weight is 171 g/mol. The number of rotatable bonds is 2. The van der Waals surface area contributed by atoms with Crippen LogP contribution in [0.25, 0.3) is 0 Å². The minimum atomic E-state index is 0.957. The lowest BCUT2D eigenvalue weighted by atomic mass is 10.1. The molecule has 0 saturated heterocycles. The fourth-order valence-electron chi connectivity index (χ4n) is 1.44. The summed E-state index contributed by atoms with van der Waals surface area (Å²) in [5.74, 6) is 0. The number of allylic oxidation sites excluding steroid dienone is 3. The normalized spacial score (nSPS) is 14.9. The van der Waals surface area contributed by atoms with Gasteiger partial charge in [0.1, 0.15) is 0 Å². The summed E-state index contributed by atoms with van der Waals surface area (Å²) in [4.78, 5) is 0. The van der Waals surface area contributed by atoms with Crippen LogP contribution in [-0.4, -0.2) is 6.54 Å². The van der Waals surface area contributed by atoms with Crippen LogP contribution in [0.1, 0.15) is 5.56 Å². The molecule has 0 spiro atoms. The van der Waals surface area contributed by atoms with Gasteiger partial charge in [0, 0.05) is 18.7 Å². The third-order valence-corrected chi connectivity index (χ3v) is 2.12. The van der Waals surface area contributed by atoms with Gasteiger partial charge in [-0.25, -0.2) is 0 Å². The molecule has 0 bridgehead atoms. The SMILES string of the molecule is C1=CCNC(Cc2ccccc2)=C1. The van der Waals surface area contributed by atoms with Gasteiger partial charge in [-0.1, -0.05) is 42.5 Å². The second-order valence-electron chi connectivity index (χ2n) is 3.16. The highest BCUT2D eigenvalue weighted by molar-refractivity contribution is 5.25. The lowest BCUT2D eigenvalue weighted by molar-refractivity contribution is 0.846. The second-order valence-corrected chi connectivity index (χ2v) is 3.16. The lowest BCUT2D eigenvalue weighted by Gasteiger charge is -2.11. The number of hydrogen-bond donors (Lipinski definition) is 1. The maximum Gasteiger partial charge on any atom is 0.0330 e. The van der Waals surface area contributed by atoms with Gasteiger partial charge in [0.15, 0.2) is 0 Å². The molecule has 1 aliphatic rings. The zero-order valence-electron chi connectivity index (χ0n) is 7.53. The molecule has 1 aliphatic heterocycles. The summed E-state index contributed by atoms with van der Waals surface area (Å²) >= 11 is 0. The molecule has 0 radical (unpaired) electrons. The molecule has 0 fully saturated rings. The van der Waals surface area contributed by atoms with Gasteiger partial charge in [-0.3, -0.25) is 0 Å². The quantitative estimate of drug-likeness (QED) is 0.719. The first-order valence-corrected chi connectivity index (χ1v) is 4.58. The molecule has 1 heteroatoms. The van der Waals surface area contributed by atoms with Crippen molar-refractivity contribution in [1.29, 1.82) is 0 Å². The van der Waals surface area contributed by atoms with Gasteiger partial charge in [0.2, 0.25) is 0 Å². The molecule has 0 saturated carbocycles. The Hall–Kier alpha value is -1.50. The first-order valence-electron chi connectivity index (χ1n) is 4.58. The average Bonchev–Trinajstić information content (AvgIpc) is 2.21. The number of nitrogens with one attached hydrogen (secondary N) is 1. The molecule has 0 unspecified atom stereocenters. The van der Waals surface area contributed by atoms with E-state index in [1.165, 1.54) is 11.3 Å². The van der Waals surface area contributed by atoms with E-state index in [9.17, 15) is 0 Å². The molecular weight excluding hydrogens is 158 g/mol. The third-order valence-electron chi connectivity index (χ3n) is 2.12. The Morgan fingerprint density at radius 3 is 2.69 bits per heavy atom. The summed E-state index contributed by atoms with van der Waals surface area (Å²) in [6, 6.07) is 10.5. The van der Waals surface area contributed by atoms with E-state index < -0.39 is 0 Å². The van der Waals surface area contributed by atoms with Crippen LogP contribution in [0.15, 0.2) is 54.3 Å². The Bertz CT molecular complexity index is 322. The predicted octanol–water partition coefficient (Wildman–Crippen LogP) is 2.27. The molecule has 0 aliphatic carbocycles. The first kappa shape index (κ1) is 8.11. The van der Waals surface area contributed by atoms with Crippen molar-refractivity contribution >= 4 is 0 Å².